The molecule has 0 aliphatic heterocycles. The van der Waals surface area contributed by atoms with Gasteiger partial charge in [-0.05, 0) is 49.5 Å². The summed E-state index contributed by atoms with van der Waals surface area (Å²) in [6.07, 6.45) is -1.07. The summed E-state index contributed by atoms with van der Waals surface area (Å²) in [5.41, 5.74) is 8.28. The van der Waals surface area contributed by atoms with Gasteiger partial charge in [-0.25, -0.2) is 4.79 Å². The predicted octanol–water partition coefficient (Wildman–Crippen LogP) is 5.62. The SMILES string of the molecule is CN(C)Cc1ccccc1NC(=O)OCC(Oc1cccc2sc(C(=N)N)cc12)c1ccccc1. The van der Waals surface area contributed by atoms with E-state index in [9.17, 15) is 4.79 Å². The molecule has 1 atom stereocenters. The first-order valence-corrected chi connectivity index (χ1v) is 12.0. The minimum Gasteiger partial charge on any atom is -0.481 e. The van der Waals surface area contributed by atoms with Gasteiger partial charge < -0.3 is 20.1 Å². The van der Waals surface area contributed by atoms with Crippen LogP contribution in [0.25, 0.3) is 10.1 Å². The van der Waals surface area contributed by atoms with Gasteiger partial charge in [0.05, 0.1) is 4.88 Å². The molecule has 35 heavy (non-hydrogen) atoms. The number of amides is 1. The topological polar surface area (TPSA) is 101 Å². The van der Waals surface area contributed by atoms with Gasteiger partial charge in [-0.2, -0.15) is 0 Å². The Morgan fingerprint density at radius 2 is 1.80 bits per heavy atom. The fraction of sp³-hybridized carbons (Fsp3) is 0.185. The van der Waals surface area contributed by atoms with Crippen molar-refractivity contribution >= 4 is 39.0 Å². The van der Waals surface area contributed by atoms with Crippen LogP contribution in [0, 0.1) is 5.41 Å². The summed E-state index contributed by atoms with van der Waals surface area (Å²) < 4.78 is 12.9. The quantitative estimate of drug-likeness (QED) is 0.210. The van der Waals surface area contributed by atoms with E-state index in [1.807, 2.05) is 97.9 Å². The number of benzene rings is 3. The third-order valence-electron chi connectivity index (χ3n) is 5.33. The number of rotatable bonds is 9. The molecule has 0 saturated carbocycles. The number of nitrogens with zero attached hydrogens (tertiary/aromatic N) is 1. The van der Waals surface area contributed by atoms with Crippen molar-refractivity contribution < 1.29 is 14.3 Å². The normalized spacial score (nSPS) is 11.9. The summed E-state index contributed by atoms with van der Waals surface area (Å²) in [7, 11) is 3.95. The lowest BCUT2D eigenvalue weighted by molar-refractivity contribution is 0.0910. The third-order valence-corrected chi connectivity index (χ3v) is 6.47. The summed E-state index contributed by atoms with van der Waals surface area (Å²) in [4.78, 5) is 15.4. The molecule has 0 spiro atoms. The molecule has 3 aromatic carbocycles. The fourth-order valence-electron chi connectivity index (χ4n) is 3.71. The second-order valence-corrected chi connectivity index (χ2v) is 9.41. The molecule has 1 aromatic heterocycles. The van der Waals surface area contributed by atoms with Gasteiger partial charge in [0.2, 0.25) is 0 Å². The van der Waals surface area contributed by atoms with Crippen LogP contribution in [0.3, 0.4) is 0 Å². The van der Waals surface area contributed by atoms with Crippen molar-refractivity contribution in [3.05, 3.63) is 94.9 Å². The van der Waals surface area contributed by atoms with Gasteiger partial charge in [-0.3, -0.25) is 10.7 Å². The van der Waals surface area contributed by atoms with Crippen molar-refractivity contribution in [2.24, 2.45) is 5.73 Å². The van der Waals surface area contributed by atoms with E-state index in [1.165, 1.54) is 11.3 Å². The van der Waals surface area contributed by atoms with Crippen LogP contribution >= 0.6 is 11.3 Å². The van der Waals surface area contributed by atoms with Crippen LogP contribution < -0.4 is 15.8 Å². The molecule has 1 unspecified atom stereocenters. The van der Waals surface area contributed by atoms with Crippen LogP contribution in [-0.2, 0) is 11.3 Å². The molecular weight excluding hydrogens is 460 g/mol. The number of nitrogens with one attached hydrogen (secondary N) is 2. The van der Waals surface area contributed by atoms with Crippen molar-refractivity contribution in [2.45, 2.75) is 12.6 Å². The van der Waals surface area contributed by atoms with Gasteiger partial charge in [-0.1, -0.05) is 54.6 Å². The van der Waals surface area contributed by atoms with Crippen molar-refractivity contribution in [3.8, 4) is 5.75 Å². The number of nitrogen functional groups attached to an aromatic ring is 1. The molecule has 4 N–H and O–H groups in total. The monoisotopic (exact) mass is 488 g/mol. The van der Waals surface area contributed by atoms with E-state index in [4.69, 9.17) is 20.6 Å². The number of hydrogen-bond donors (Lipinski definition) is 3. The average Bonchev–Trinajstić information content (AvgIpc) is 3.29. The number of amidine groups is 1. The highest BCUT2D eigenvalue weighted by molar-refractivity contribution is 7.20. The van der Waals surface area contributed by atoms with Gasteiger partial charge >= 0.3 is 6.09 Å². The van der Waals surface area contributed by atoms with Crippen LogP contribution in [0.4, 0.5) is 10.5 Å². The highest BCUT2D eigenvalue weighted by Crippen LogP contribution is 2.35. The summed E-state index contributed by atoms with van der Waals surface area (Å²) in [5.74, 6) is 0.659. The first kappa shape index (κ1) is 24.3. The van der Waals surface area contributed by atoms with E-state index in [-0.39, 0.29) is 12.4 Å². The van der Waals surface area contributed by atoms with Gasteiger partial charge in [0, 0.05) is 22.3 Å². The maximum atomic E-state index is 12.7. The van der Waals surface area contributed by atoms with Gasteiger partial charge in [0.15, 0.2) is 6.10 Å². The lowest BCUT2D eigenvalue weighted by atomic mass is 10.1. The molecule has 0 bridgehead atoms. The number of hydrogen-bond acceptors (Lipinski definition) is 6. The summed E-state index contributed by atoms with van der Waals surface area (Å²) >= 11 is 1.44. The molecule has 0 saturated heterocycles. The van der Waals surface area contributed by atoms with Crippen LogP contribution in [0.1, 0.15) is 22.1 Å². The molecule has 180 valence electrons. The zero-order chi connectivity index (χ0) is 24.8. The van der Waals surface area contributed by atoms with E-state index < -0.39 is 12.2 Å². The third kappa shape index (κ3) is 6.17. The maximum absolute atomic E-state index is 12.7. The standard InChI is InChI=1S/C27H28N4O3S/c1-31(2)16-19-11-6-7-12-21(19)30-27(32)33-17-23(18-9-4-3-5-10-18)34-22-13-8-14-24-20(22)15-25(35-24)26(28)29/h3-15,23H,16-17H2,1-2H3,(H3,28,29)(H,30,32). The van der Waals surface area contributed by atoms with Crippen molar-refractivity contribution in [1.82, 2.24) is 4.90 Å². The Morgan fingerprint density at radius 3 is 2.54 bits per heavy atom. The number of ether oxygens (including phenoxy) is 2. The number of thiophene rings is 1. The van der Waals surface area contributed by atoms with Crippen molar-refractivity contribution in [3.63, 3.8) is 0 Å². The molecule has 8 heteroatoms. The van der Waals surface area contributed by atoms with Crippen LogP contribution in [0.5, 0.6) is 5.75 Å². The largest absolute Gasteiger partial charge is 0.481 e. The second kappa shape index (κ2) is 11.0. The van der Waals surface area contributed by atoms with Gasteiger partial charge in [-0.15, -0.1) is 11.3 Å². The Bertz CT molecular complexity index is 1320. The predicted molar refractivity (Wildman–Crippen MR) is 141 cm³/mol. The first-order chi connectivity index (χ1) is 16.9. The number of nitrogens with two attached hydrogens (primary N) is 1. The Kier molecular flexibility index (Phi) is 7.64. The molecule has 7 nitrogen and oxygen atoms in total. The van der Waals surface area contributed by atoms with E-state index in [0.717, 1.165) is 21.2 Å². The maximum Gasteiger partial charge on any atom is 0.411 e. The van der Waals surface area contributed by atoms with Crippen LogP contribution in [-0.4, -0.2) is 37.5 Å². The lowest BCUT2D eigenvalue weighted by Gasteiger charge is -2.21. The van der Waals surface area contributed by atoms with Crippen LogP contribution in [0.15, 0.2) is 78.9 Å². The second-order valence-electron chi connectivity index (χ2n) is 8.33. The van der Waals surface area contributed by atoms with Crippen molar-refractivity contribution in [2.75, 3.05) is 26.0 Å². The molecule has 0 aliphatic rings. The average molecular weight is 489 g/mol. The Hall–Kier alpha value is -3.88. The van der Waals surface area contributed by atoms with Gasteiger partial charge in [0.1, 0.15) is 18.2 Å². The molecule has 4 aromatic rings. The Labute approximate surface area is 208 Å². The number of anilines is 1. The van der Waals surface area contributed by atoms with E-state index in [0.29, 0.717) is 22.9 Å². The zero-order valence-corrected chi connectivity index (χ0v) is 20.5. The van der Waals surface area contributed by atoms with Gasteiger partial charge in [0.25, 0.3) is 0 Å². The Morgan fingerprint density at radius 1 is 1.06 bits per heavy atom. The molecule has 1 heterocycles. The van der Waals surface area contributed by atoms with E-state index in [1.54, 1.807) is 0 Å². The smallest absolute Gasteiger partial charge is 0.411 e. The number of fused-ring (bicyclic) bond motifs is 1. The number of carbonyl (C=O) groups is 1. The van der Waals surface area contributed by atoms with E-state index in [2.05, 4.69) is 5.32 Å². The molecule has 0 radical (unpaired) electrons. The highest BCUT2D eigenvalue weighted by atomic mass is 32.1. The summed E-state index contributed by atoms with van der Waals surface area (Å²) in [6, 6.07) is 24.9. The highest BCUT2D eigenvalue weighted by Gasteiger charge is 2.19. The molecule has 4 rings (SSSR count). The lowest BCUT2D eigenvalue weighted by Crippen LogP contribution is -2.22. The molecule has 1 amide bonds. The Balaban J connectivity index is 1.52. The minimum absolute atomic E-state index is 0.0196. The first-order valence-electron chi connectivity index (χ1n) is 11.2. The fourth-order valence-corrected chi connectivity index (χ4v) is 4.65. The zero-order valence-electron chi connectivity index (χ0n) is 19.7. The van der Waals surface area contributed by atoms with Crippen LogP contribution in [0.2, 0.25) is 0 Å². The minimum atomic E-state index is -0.548. The molecule has 0 fully saturated rings. The van der Waals surface area contributed by atoms with E-state index >= 15 is 0 Å². The van der Waals surface area contributed by atoms with Crippen molar-refractivity contribution in [1.29, 1.82) is 5.41 Å². The molecular formula is C27H28N4O3S. The number of para-hydroxylation sites is 1. The summed E-state index contributed by atoms with van der Waals surface area (Å²) in [5, 5.41) is 11.5. The molecule has 0 aliphatic carbocycles. The number of carbonyl (C=O) groups excluding carboxylic acids is 1. The summed E-state index contributed by atoms with van der Waals surface area (Å²) in [6.45, 7) is 0.713.